The Morgan fingerprint density at radius 1 is 1.22 bits per heavy atom. The fraction of sp³-hybridized carbons (Fsp3) is 0.267. The summed E-state index contributed by atoms with van der Waals surface area (Å²) in [5.41, 5.74) is 0.657. The molecule has 0 bridgehead atoms. The maximum absolute atomic E-state index is 11.5. The molecule has 8 heteroatoms. The normalized spacial score (nSPS) is 13.7. The van der Waals surface area contributed by atoms with Gasteiger partial charge in [-0.25, -0.2) is 9.59 Å². The van der Waals surface area contributed by atoms with Gasteiger partial charge in [-0.1, -0.05) is 29.3 Å². The first kappa shape index (κ1) is 17.3. The third-order valence-corrected chi connectivity index (χ3v) is 3.61. The van der Waals surface area contributed by atoms with Crippen LogP contribution in [0.3, 0.4) is 0 Å². The number of amides is 3. The van der Waals surface area contributed by atoms with E-state index in [4.69, 9.17) is 27.9 Å². The van der Waals surface area contributed by atoms with Gasteiger partial charge in [0.05, 0.1) is 10.0 Å². The smallest absolute Gasteiger partial charge is 0.331 e. The van der Waals surface area contributed by atoms with Gasteiger partial charge in [0, 0.05) is 12.1 Å². The van der Waals surface area contributed by atoms with Gasteiger partial charge in [0.25, 0.3) is 5.91 Å². The molecule has 0 atom stereocenters. The number of ether oxygens (including phenoxy) is 1. The fourth-order valence-electron chi connectivity index (χ4n) is 1.58. The summed E-state index contributed by atoms with van der Waals surface area (Å²) in [5.74, 6) is -1.41. The van der Waals surface area contributed by atoms with Crippen LogP contribution < -0.4 is 10.6 Å². The van der Waals surface area contributed by atoms with Crippen molar-refractivity contribution in [3.05, 3.63) is 39.9 Å². The van der Waals surface area contributed by atoms with E-state index in [0.29, 0.717) is 15.6 Å². The highest BCUT2D eigenvalue weighted by Crippen LogP contribution is 2.23. The Kier molecular flexibility index (Phi) is 6.01. The summed E-state index contributed by atoms with van der Waals surface area (Å²) >= 11 is 11.6. The second-order valence-corrected chi connectivity index (χ2v) is 5.72. The molecule has 1 aliphatic rings. The standard InChI is InChI=1S/C15H14Cl2N2O4/c16-11-5-1-9(7-12(11)17)2-6-14(21)23-8-13(20)19-15(22)18-10-3-4-10/h1-2,5-7,10H,3-4,8H2,(H2,18,19,20,22)/b6-2+. The lowest BCUT2D eigenvalue weighted by Crippen LogP contribution is -2.42. The first-order valence-electron chi connectivity index (χ1n) is 6.84. The average molecular weight is 357 g/mol. The number of carbonyl (C=O) groups is 3. The van der Waals surface area contributed by atoms with E-state index < -0.39 is 24.5 Å². The molecular formula is C15H14Cl2N2O4. The summed E-state index contributed by atoms with van der Waals surface area (Å²) in [7, 11) is 0. The maximum Gasteiger partial charge on any atom is 0.331 e. The molecule has 1 fully saturated rings. The monoisotopic (exact) mass is 356 g/mol. The lowest BCUT2D eigenvalue weighted by atomic mass is 10.2. The molecule has 0 saturated heterocycles. The zero-order valence-corrected chi connectivity index (χ0v) is 13.5. The lowest BCUT2D eigenvalue weighted by Gasteiger charge is -2.05. The van der Waals surface area contributed by atoms with Gasteiger partial charge in [0.15, 0.2) is 6.61 Å². The molecule has 23 heavy (non-hydrogen) atoms. The Hall–Kier alpha value is -2.05. The third kappa shape index (κ3) is 6.30. The Labute approximate surface area is 142 Å². The third-order valence-electron chi connectivity index (χ3n) is 2.87. The van der Waals surface area contributed by atoms with Crippen molar-refractivity contribution >= 4 is 47.2 Å². The summed E-state index contributed by atoms with van der Waals surface area (Å²) < 4.78 is 4.72. The SMILES string of the molecule is O=C(COC(=O)/C=C/c1ccc(Cl)c(Cl)c1)NC(=O)NC1CC1. The first-order valence-corrected chi connectivity index (χ1v) is 7.60. The van der Waals surface area contributed by atoms with Crippen LogP contribution in [0.2, 0.25) is 10.0 Å². The van der Waals surface area contributed by atoms with Gasteiger partial charge >= 0.3 is 12.0 Å². The Morgan fingerprint density at radius 3 is 2.61 bits per heavy atom. The number of urea groups is 1. The zero-order valence-electron chi connectivity index (χ0n) is 12.0. The largest absolute Gasteiger partial charge is 0.452 e. The van der Waals surface area contributed by atoms with Gasteiger partial charge in [0.2, 0.25) is 0 Å². The van der Waals surface area contributed by atoms with E-state index >= 15 is 0 Å². The number of rotatable bonds is 5. The molecule has 2 N–H and O–H groups in total. The van der Waals surface area contributed by atoms with Crippen LogP contribution in [-0.4, -0.2) is 30.6 Å². The molecule has 1 saturated carbocycles. The van der Waals surface area contributed by atoms with Crippen LogP contribution in [0.25, 0.3) is 6.08 Å². The van der Waals surface area contributed by atoms with E-state index in [2.05, 4.69) is 10.6 Å². The number of hydrogen-bond acceptors (Lipinski definition) is 4. The van der Waals surface area contributed by atoms with E-state index in [9.17, 15) is 14.4 Å². The van der Waals surface area contributed by atoms with E-state index in [-0.39, 0.29) is 6.04 Å². The number of imide groups is 1. The lowest BCUT2D eigenvalue weighted by molar-refractivity contribution is -0.143. The van der Waals surface area contributed by atoms with Crippen molar-refractivity contribution in [3.8, 4) is 0 Å². The molecule has 0 heterocycles. The summed E-state index contributed by atoms with van der Waals surface area (Å²) in [6.45, 7) is -0.539. The van der Waals surface area contributed by atoms with Crippen LogP contribution in [0.4, 0.5) is 4.79 Å². The Bertz CT molecular complexity index is 657. The number of esters is 1. The molecule has 0 aliphatic heterocycles. The van der Waals surface area contributed by atoms with Crippen LogP contribution in [0.15, 0.2) is 24.3 Å². The van der Waals surface area contributed by atoms with Crippen molar-refractivity contribution in [2.75, 3.05) is 6.61 Å². The van der Waals surface area contributed by atoms with Gasteiger partial charge in [-0.2, -0.15) is 0 Å². The summed E-state index contributed by atoms with van der Waals surface area (Å²) in [6, 6.07) is 4.41. The summed E-state index contributed by atoms with van der Waals surface area (Å²) in [5, 5.41) is 5.43. The number of benzene rings is 1. The topological polar surface area (TPSA) is 84.5 Å². The van der Waals surface area contributed by atoms with Crippen molar-refractivity contribution in [3.63, 3.8) is 0 Å². The van der Waals surface area contributed by atoms with Gasteiger partial charge in [-0.05, 0) is 36.6 Å². The predicted octanol–water partition coefficient (Wildman–Crippen LogP) is 2.54. The predicted molar refractivity (Wildman–Crippen MR) is 86.2 cm³/mol. The first-order chi connectivity index (χ1) is 10.9. The highest BCUT2D eigenvalue weighted by Gasteiger charge is 2.23. The Morgan fingerprint density at radius 2 is 1.96 bits per heavy atom. The second-order valence-electron chi connectivity index (χ2n) is 4.91. The van der Waals surface area contributed by atoms with Crippen LogP contribution in [0, 0.1) is 0 Å². The number of nitrogens with one attached hydrogen (secondary N) is 2. The van der Waals surface area contributed by atoms with Crippen molar-refractivity contribution in [1.82, 2.24) is 10.6 Å². The second kappa shape index (κ2) is 7.99. The Balaban J connectivity index is 1.73. The van der Waals surface area contributed by atoms with Crippen LogP contribution in [0.5, 0.6) is 0 Å². The molecule has 1 aromatic carbocycles. The highest BCUT2D eigenvalue weighted by atomic mass is 35.5. The number of halogens is 2. The molecule has 1 aliphatic carbocycles. The van der Waals surface area contributed by atoms with Gasteiger partial charge < -0.3 is 10.1 Å². The molecule has 1 aromatic rings. The van der Waals surface area contributed by atoms with E-state index in [0.717, 1.165) is 18.9 Å². The molecule has 122 valence electrons. The van der Waals surface area contributed by atoms with Crippen molar-refractivity contribution in [1.29, 1.82) is 0 Å². The zero-order chi connectivity index (χ0) is 16.8. The molecule has 0 aromatic heterocycles. The number of carbonyl (C=O) groups excluding carboxylic acids is 3. The van der Waals surface area contributed by atoms with Crippen LogP contribution in [0.1, 0.15) is 18.4 Å². The highest BCUT2D eigenvalue weighted by molar-refractivity contribution is 6.42. The van der Waals surface area contributed by atoms with Crippen LogP contribution >= 0.6 is 23.2 Å². The number of hydrogen-bond donors (Lipinski definition) is 2. The molecule has 0 unspecified atom stereocenters. The summed E-state index contributed by atoms with van der Waals surface area (Å²) in [4.78, 5) is 34.2. The minimum Gasteiger partial charge on any atom is -0.452 e. The van der Waals surface area contributed by atoms with Gasteiger partial charge in [-0.3, -0.25) is 10.1 Å². The molecular weight excluding hydrogens is 343 g/mol. The van der Waals surface area contributed by atoms with Gasteiger partial charge in [-0.15, -0.1) is 0 Å². The van der Waals surface area contributed by atoms with Crippen LogP contribution in [-0.2, 0) is 14.3 Å². The summed E-state index contributed by atoms with van der Waals surface area (Å²) in [6.07, 6.45) is 4.45. The minimum atomic E-state index is -0.714. The minimum absolute atomic E-state index is 0.138. The maximum atomic E-state index is 11.5. The van der Waals surface area contributed by atoms with Gasteiger partial charge in [0.1, 0.15) is 0 Å². The average Bonchev–Trinajstić information content (AvgIpc) is 3.30. The van der Waals surface area contributed by atoms with Crippen molar-refractivity contribution in [2.24, 2.45) is 0 Å². The van der Waals surface area contributed by atoms with E-state index in [1.54, 1.807) is 18.2 Å². The van der Waals surface area contributed by atoms with E-state index in [1.807, 2.05) is 0 Å². The van der Waals surface area contributed by atoms with Crippen molar-refractivity contribution in [2.45, 2.75) is 18.9 Å². The fourth-order valence-corrected chi connectivity index (χ4v) is 1.88. The molecule has 6 nitrogen and oxygen atoms in total. The molecule has 0 spiro atoms. The quantitative estimate of drug-likeness (QED) is 0.627. The molecule has 0 radical (unpaired) electrons. The van der Waals surface area contributed by atoms with E-state index in [1.165, 1.54) is 6.08 Å². The molecule has 3 amide bonds. The van der Waals surface area contributed by atoms with Crippen molar-refractivity contribution < 1.29 is 19.1 Å². The molecule has 2 rings (SSSR count).